The minimum Gasteiger partial charge on any atom is -0.266 e. The van der Waals surface area contributed by atoms with Gasteiger partial charge in [-0.25, -0.2) is 8.42 Å². The number of benzene rings is 1. The highest BCUT2D eigenvalue weighted by Crippen LogP contribution is 2.34. The quantitative estimate of drug-likeness (QED) is 0.589. The fourth-order valence-electron chi connectivity index (χ4n) is 3.39. The predicted octanol–water partition coefficient (Wildman–Crippen LogP) is 2.87. The fourth-order valence-corrected chi connectivity index (χ4v) is 6.57. The van der Waals surface area contributed by atoms with Gasteiger partial charge in [0.1, 0.15) is 9.90 Å². The highest BCUT2D eigenvalue weighted by atomic mass is 32.2. The van der Waals surface area contributed by atoms with Crippen molar-refractivity contribution in [2.75, 3.05) is 17.1 Å². The van der Waals surface area contributed by atoms with Gasteiger partial charge in [0, 0.05) is 6.54 Å². The third-order valence-electron chi connectivity index (χ3n) is 4.62. The van der Waals surface area contributed by atoms with Crippen LogP contribution in [0.5, 0.6) is 0 Å². The van der Waals surface area contributed by atoms with E-state index < -0.39 is 10.0 Å². The normalized spacial score (nSPS) is 14.0. The third-order valence-corrected chi connectivity index (χ3v) is 8.57. The lowest BCUT2D eigenvalue weighted by Crippen LogP contribution is -2.30. The van der Waals surface area contributed by atoms with Crippen LogP contribution in [0.4, 0.5) is 5.69 Å². The molecule has 27 heavy (non-hydrogen) atoms. The van der Waals surface area contributed by atoms with Gasteiger partial charge in [-0.1, -0.05) is 41.3 Å². The lowest BCUT2D eigenvalue weighted by molar-refractivity contribution is 0.590. The molecule has 0 saturated carbocycles. The Morgan fingerprint density at radius 1 is 1.22 bits per heavy atom. The number of rotatable bonds is 5. The summed E-state index contributed by atoms with van der Waals surface area (Å²) in [5.41, 5.74) is 2.95. The average Bonchev–Trinajstić information content (AvgIpc) is 3.33. The maximum absolute atomic E-state index is 13.4. The molecule has 142 valence electrons. The van der Waals surface area contributed by atoms with Crippen molar-refractivity contribution in [1.82, 2.24) is 20.0 Å². The monoisotopic (exact) mass is 421 g/mol. The summed E-state index contributed by atoms with van der Waals surface area (Å²) in [5, 5.41) is 13.5. The average molecular weight is 422 g/mol. The van der Waals surface area contributed by atoms with Gasteiger partial charge in [-0.15, -0.1) is 10.2 Å². The van der Waals surface area contributed by atoms with Crippen LogP contribution < -0.4 is 4.31 Å². The molecule has 0 amide bonds. The molecule has 0 saturated heterocycles. The summed E-state index contributed by atoms with van der Waals surface area (Å²) in [6, 6.07) is 7.65. The van der Waals surface area contributed by atoms with E-state index in [1.807, 2.05) is 30.5 Å². The summed E-state index contributed by atoms with van der Waals surface area (Å²) in [6.45, 7) is 4.41. The van der Waals surface area contributed by atoms with Gasteiger partial charge in [0.2, 0.25) is 0 Å². The second-order valence-corrected chi connectivity index (χ2v) is 10.2. The highest BCUT2D eigenvalue weighted by Gasteiger charge is 2.35. The molecule has 4 rings (SSSR count). The van der Waals surface area contributed by atoms with Crippen LogP contribution >= 0.6 is 23.1 Å². The standard InChI is InChI=1S/C17H19N5O2S3/c1-11-16(12(2)21(20-11)10-15-18-19-17(25-3)26-15)27(23,24)22-9-8-13-6-4-5-7-14(13)22/h4-7H,8-10H2,1-3H3. The molecule has 0 spiro atoms. The van der Waals surface area contributed by atoms with E-state index in [2.05, 4.69) is 15.3 Å². The smallest absolute Gasteiger partial charge is 0.266 e. The van der Waals surface area contributed by atoms with Gasteiger partial charge >= 0.3 is 0 Å². The van der Waals surface area contributed by atoms with Crippen LogP contribution in [0.15, 0.2) is 33.5 Å². The molecule has 0 bridgehead atoms. The van der Waals surface area contributed by atoms with Crippen molar-refractivity contribution in [3.8, 4) is 0 Å². The fraction of sp³-hybridized carbons (Fsp3) is 0.353. The molecule has 1 aliphatic rings. The zero-order chi connectivity index (χ0) is 19.2. The van der Waals surface area contributed by atoms with E-state index in [1.54, 1.807) is 18.5 Å². The molecule has 3 aromatic rings. The Morgan fingerprint density at radius 3 is 2.74 bits per heavy atom. The van der Waals surface area contributed by atoms with Crippen LogP contribution in [-0.4, -0.2) is 41.2 Å². The Morgan fingerprint density at radius 2 is 2.00 bits per heavy atom. The topological polar surface area (TPSA) is 81.0 Å². The SMILES string of the molecule is CSc1nnc(Cn2nc(C)c(S(=O)(=O)N3CCc4ccccc43)c2C)s1. The van der Waals surface area contributed by atoms with E-state index in [1.165, 1.54) is 27.4 Å². The lowest BCUT2D eigenvalue weighted by atomic mass is 10.2. The van der Waals surface area contributed by atoms with Gasteiger partial charge in [-0.05, 0) is 38.2 Å². The van der Waals surface area contributed by atoms with Crippen LogP contribution in [0.3, 0.4) is 0 Å². The Labute approximate surface area is 166 Å². The summed E-state index contributed by atoms with van der Waals surface area (Å²) in [5.74, 6) is 0. The van der Waals surface area contributed by atoms with Crippen molar-refractivity contribution in [3.63, 3.8) is 0 Å². The molecule has 0 fully saturated rings. The Hall–Kier alpha value is -1.91. The number of nitrogens with zero attached hydrogens (tertiary/aromatic N) is 5. The molecule has 2 aromatic heterocycles. The Balaban J connectivity index is 1.71. The van der Waals surface area contributed by atoms with E-state index in [9.17, 15) is 8.42 Å². The van der Waals surface area contributed by atoms with Crippen molar-refractivity contribution in [1.29, 1.82) is 0 Å². The molecule has 1 aliphatic heterocycles. The molecule has 0 atom stereocenters. The first-order chi connectivity index (χ1) is 12.9. The van der Waals surface area contributed by atoms with Crippen molar-refractivity contribution in [2.45, 2.75) is 36.0 Å². The molecule has 1 aromatic carbocycles. The largest absolute Gasteiger partial charge is 0.268 e. The van der Waals surface area contributed by atoms with E-state index in [-0.39, 0.29) is 4.90 Å². The number of thioether (sulfide) groups is 1. The number of anilines is 1. The maximum Gasteiger partial charge on any atom is 0.268 e. The molecule has 0 unspecified atom stereocenters. The number of sulfonamides is 1. The number of aryl methyl sites for hydroxylation is 1. The summed E-state index contributed by atoms with van der Waals surface area (Å²) < 4.78 is 30.9. The van der Waals surface area contributed by atoms with E-state index >= 15 is 0 Å². The van der Waals surface area contributed by atoms with Crippen molar-refractivity contribution in [2.24, 2.45) is 0 Å². The summed E-state index contributed by atoms with van der Waals surface area (Å²) in [6.07, 6.45) is 2.68. The van der Waals surface area contributed by atoms with Gasteiger partial charge in [0.25, 0.3) is 10.0 Å². The third kappa shape index (κ3) is 3.15. The zero-order valence-electron chi connectivity index (χ0n) is 15.2. The van der Waals surface area contributed by atoms with E-state index in [0.717, 1.165) is 27.0 Å². The van der Waals surface area contributed by atoms with Gasteiger partial charge < -0.3 is 0 Å². The molecule has 0 aliphatic carbocycles. The number of hydrogen-bond acceptors (Lipinski definition) is 7. The summed E-state index contributed by atoms with van der Waals surface area (Å²) in [4.78, 5) is 0.286. The molecule has 0 radical (unpaired) electrons. The maximum atomic E-state index is 13.4. The highest BCUT2D eigenvalue weighted by molar-refractivity contribution is 8.00. The first kappa shape index (κ1) is 18.5. The van der Waals surface area contributed by atoms with Crippen molar-refractivity contribution in [3.05, 3.63) is 46.2 Å². The number of hydrogen-bond donors (Lipinski definition) is 0. The zero-order valence-corrected chi connectivity index (χ0v) is 17.7. The minimum atomic E-state index is -3.67. The predicted molar refractivity (Wildman–Crippen MR) is 107 cm³/mol. The lowest BCUT2D eigenvalue weighted by Gasteiger charge is -2.19. The minimum absolute atomic E-state index is 0.286. The van der Waals surface area contributed by atoms with Crippen molar-refractivity contribution >= 4 is 38.8 Å². The van der Waals surface area contributed by atoms with Gasteiger partial charge in [0.15, 0.2) is 4.34 Å². The molecular formula is C17H19N5O2S3. The van der Waals surface area contributed by atoms with Crippen LogP contribution in [-0.2, 0) is 23.0 Å². The summed E-state index contributed by atoms with van der Waals surface area (Å²) in [7, 11) is -3.67. The van der Waals surface area contributed by atoms with Gasteiger partial charge in [-0.3, -0.25) is 8.99 Å². The molecular weight excluding hydrogens is 402 g/mol. The molecule has 0 N–H and O–H groups in total. The van der Waals surface area contributed by atoms with Crippen LogP contribution in [0.2, 0.25) is 0 Å². The first-order valence-corrected chi connectivity index (χ1v) is 11.9. The van der Waals surface area contributed by atoms with Gasteiger partial charge in [0.05, 0.1) is 23.6 Å². The van der Waals surface area contributed by atoms with Crippen LogP contribution in [0.25, 0.3) is 0 Å². The number of fused-ring (bicyclic) bond motifs is 1. The second kappa shape index (κ2) is 6.92. The van der Waals surface area contributed by atoms with Gasteiger partial charge in [-0.2, -0.15) is 5.10 Å². The Kier molecular flexibility index (Phi) is 4.73. The molecule has 3 heterocycles. The van der Waals surface area contributed by atoms with Crippen LogP contribution in [0, 0.1) is 13.8 Å². The van der Waals surface area contributed by atoms with E-state index in [4.69, 9.17) is 0 Å². The van der Waals surface area contributed by atoms with Crippen molar-refractivity contribution < 1.29 is 8.42 Å². The van der Waals surface area contributed by atoms with E-state index in [0.29, 0.717) is 24.5 Å². The van der Waals surface area contributed by atoms with Crippen LogP contribution in [0.1, 0.15) is 22.0 Å². The Bertz CT molecular complexity index is 1100. The number of para-hydroxylation sites is 1. The number of aromatic nitrogens is 4. The second-order valence-electron chi connectivity index (χ2n) is 6.28. The first-order valence-electron chi connectivity index (χ1n) is 8.43. The molecule has 10 heteroatoms. The summed E-state index contributed by atoms with van der Waals surface area (Å²) >= 11 is 3.04. The molecule has 7 nitrogen and oxygen atoms in total.